The zero-order chi connectivity index (χ0) is 20.4. The predicted octanol–water partition coefficient (Wildman–Crippen LogP) is 1.35. The minimum atomic E-state index is -0.586. The number of ether oxygens (including phenoxy) is 1. The third kappa shape index (κ3) is 6.46. The molecule has 2 aromatic rings. The van der Waals surface area contributed by atoms with Crippen LogP contribution in [-0.2, 0) is 14.4 Å². The Hall–Kier alpha value is -3.86. The molecule has 3 amide bonds. The fourth-order valence-electron chi connectivity index (χ4n) is 2.42. The summed E-state index contributed by atoms with van der Waals surface area (Å²) in [7, 11) is 0. The molecule has 0 saturated heterocycles. The van der Waals surface area contributed by atoms with Crippen LogP contribution in [0.2, 0.25) is 0 Å². The number of rotatable bonds is 7. The summed E-state index contributed by atoms with van der Waals surface area (Å²) in [5, 5.41) is 11.7. The molecule has 2 rings (SSSR count). The molecule has 0 fully saturated rings. The highest BCUT2D eigenvalue weighted by Crippen LogP contribution is 2.17. The van der Waals surface area contributed by atoms with Crippen LogP contribution in [-0.4, -0.2) is 24.3 Å². The second kappa shape index (κ2) is 10.3. The largest absolute Gasteiger partial charge is 0.482 e. The molecule has 0 aromatic heterocycles. The molecule has 0 aliphatic rings. The van der Waals surface area contributed by atoms with Crippen molar-refractivity contribution in [2.24, 2.45) is 0 Å². The van der Waals surface area contributed by atoms with Gasteiger partial charge in [-0.3, -0.25) is 25.2 Å². The van der Waals surface area contributed by atoms with Crippen molar-refractivity contribution >= 4 is 17.7 Å². The third-order valence-corrected chi connectivity index (χ3v) is 3.68. The SMILES string of the molecule is CC(=O)N[C@H](CC(=O)NNC(=O)COc1ccccc1C#N)c1ccccc1. The summed E-state index contributed by atoms with van der Waals surface area (Å²) in [5.41, 5.74) is 5.61. The number of nitrogens with zero attached hydrogens (tertiary/aromatic N) is 1. The van der Waals surface area contributed by atoms with Crippen molar-refractivity contribution < 1.29 is 19.1 Å². The third-order valence-electron chi connectivity index (χ3n) is 3.68. The summed E-state index contributed by atoms with van der Waals surface area (Å²) in [5.74, 6) is -1.05. The van der Waals surface area contributed by atoms with Crippen molar-refractivity contribution in [1.29, 1.82) is 5.26 Å². The van der Waals surface area contributed by atoms with Gasteiger partial charge in [0, 0.05) is 6.92 Å². The maximum absolute atomic E-state index is 12.1. The molecule has 28 heavy (non-hydrogen) atoms. The molecule has 0 bridgehead atoms. The van der Waals surface area contributed by atoms with Gasteiger partial charge in [-0.2, -0.15) is 5.26 Å². The van der Waals surface area contributed by atoms with Crippen LogP contribution < -0.4 is 20.9 Å². The maximum Gasteiger partial charge on any atom is 0.276 e. The van der Waals surface area contributed by atoms with Crippen LogP contribution >= 0.6 is 0 Å². The monoisotopic (exact) mass is 380 g/mol. The molecule has 2 aromatic carbocycles. The second-order valence-electron chi connectivity index (χ2n) is 5.86. The Balaban J connectivity index is 1.84. The Bertz CT molecular complexity index is 877. The zero-order valence-corrected chi connectivity index (χ0v) is 15.3. The molecular formula is C20H20N4O4. The van der Waals surface area contributed by atoms with Gasteiger partial charge in [0.2, 0.25) is 11.8 Å². The lowest BCUT2D eigenvalue weighted by Gasteiger charge is -2.18. The Morgan fingerprint density at radius 2 is 1.64 bits per heavy atom. The predicted molar refractivity (Wildman–Crippen MR) is 101 cm³/mol. The van der Waals surface area contributed by atoms with E-state index >= 15 is 0 Å². The number of para-hydroxylation sites is 1. The average molecular weight is 380 g/mol. The first-order valence-electron chi connectivity index (χ1n) is 8.51. The lowest BCUT2D eigenvalue weighted by Crippen LogP contribution is -2.45. The second-order valence-corrected chi connectivity index (χ2v) is 5.86. The van der Waals surface area contributed by atoms with Gasteiger partial charge in [0.05, 0.1) is 18.0 Å². The van der Waals surface area contributed by atoms with E-state index < -0.39 is 17.9 Å². The van der Waals surface area contributed by atoms with Gasteiger partial charge in [0.1, 0.15) is 11.8 Å². The molecule has 8 nitrogen and oxygen atoms in total. The normalized spacial score (nSPS) is 10.9. The molecule has 0 saturated carbocycles. The molecule has 0 aliphatic carbocycles. The van der Waals surface area contributed by atoms with Gasteiger partial charge in [-0.1, -0.05) is 42.5 Å². The number of hydrazine groups is 1. The Labute approximate surface area is 162 Å². The van der Waals surface area contributed by atoms with E-state index in [0.717, 1.165) is 5.56 Å². The molecule has 0 spiro atoms. The number of nitriles is 1. The Morgan fingerprint density at radius 1 is 1.00 bits per heavy atom. The number of nitrogens with one attached hydrogen (secondary N) is 3. The first-order chi connectivity index (χ1) is 13.5. The van der Waals surface area contributed by atoms with E-state index in [1.54, 1.807) is 48.5 Å². The van der Waals surface area contributed by atoms with Crippen LogP contribution in [0, 0.1) is 11.3 Å². The van der Waals surface area contributed by atoms with E-state index in [4.69, 9.17) is 10.00 Å². The summed E-state index contributed by atoms with van der Waals surface area (Å²) in [4.78, 5) is 35.4. The van der Waals surface area contributed by atoms with E-state index in [-0.39, 0.29) is 24.7 Å². The van der Waals surface area contributed by atoms with Crippen molar-refractivity contribution in [1.82, 2.24) is 16.2 Å². The number of carbonyl (C=O) groups excluding carboxylic acids is 3. The fourth-order valence-corrected chi connectivity index (χ4v) is 2.42. The number of benzene rings is 2. The van der Waals surface area contributed by atoms with Crippen molar-refractivity contribution in [2.75, 3.05) is 6.61 Å². The van der Waals surface area contributed by atoms with Crippen LogP contribution in [0.25, 0.3) is 0 Å². The van der Waals surface area contributed by atoms with E-state index in [0.29, 0.717) is 5.56 Å². The summed E-state index contributed by atoms with van der Waals surface area (Å²) >= 11 is 0. The number of carbonyl (C=O) groups is 3. The van der Waals surface area contributed by atoms with Gasteiger partial charge in [-0.25, -0.2) is 0 Å². The highest BCUT2D eigenvalue weighted by Gasteiger charge is 2.17. The zero-order valence-electron chi connectivity index (χ0n) is 15.3. The first kappa shape index (κ1) is 20.5. The number of hydrogen-bond acceptors (Lipinski definition) is 5. The standard InChI is InChI=1S/C20H20N4O4/c1-14(25)22-17(15-7-3-2-4-8-15)11-19(26)23-24-20(27)13-28-18-10-6-5-9-16(18)12-21/h2-10,17H,11,13H2,1H3,(H,22,25)(H,23,26)(H,24,27)/t17-/m1/s1. The summed E-state index contributed by atoms with van der Waals surface area (Å²) in [6.07, 6.45) is -0.0536. The quantitative estimate of drug-likeness (QED) is 0.626. The van der Waals surface area contributed by atoms with Crippen molar-refractivity contribution in [2.45, 2.75) is 19.4 Å². The number of amides is 3. The molecule has 3 N–H and O–H groups in total. The molecule has 0 unspecified atom stereocenters. The van der Waals surface area contributed by atoms with Gasteiger partial charge in [-0.15, -0.1) is 0 Å². The summed E-state index contributed by atoms with van der Waals surface area (Å²) in [6.45, 7) is 0.999. The minimum Gasteiger partial charge on any atom is -0.482 e. The van der Waals surface area contributed by atoms with E-state index in [1.165, 1.54) is 6.92 Å². The van der Waals surface area contributed by atoms with Gasteiger partial charge in [-0.05, 0) is 17.7 Å². The molecule has 144 valence electrons. The van der Waals surface area contributed by atoms with Crippen LogP contribution in [0.3, 0.4) is 0 Å². The average Bonchev–Trinajstić information content (AvgIpc) is 2.70. The topological polar surface area (TPSA) is 120 Å². The van der Waals surface area contributed by atoms with Gasteiger partial charge >= 0.3 is 0 Å². The molecule has 0 heterocycles. The van der Waals surface area contributed by atoms with Gasteiger partial charge in [0.25, 0.3) is 5.91 Å². The van der Waals surface area contributed by atoms with Gasteiger partial charge in [0.15, 0.2) is 6.61 Å². The highest BCUT2D eigenvalue weighted by atomic mass is 16.5. The van der Waals surface area contributed by atoms with Gasteiger partial charge < -0.3 is 10.1 Å². The molecule has 8 heteroatoms. The summed E-state index contributed by atoms with van der Waals surface area (Å²) < 4.78 is 5.28. The molecule has 1 atom stereocenters. The van der Waals surface area contributed by atoms with E-state index in [1.807, 2.05) is 12.1 Å². The maximum atomic E-state index is 12.1. The molecule has 0 radical (unpaired) electrons. The van der Waals surface area contributed by atoms with Crippen molar-refractivity contribution in [3.63, 3.8) is 0 Å². The van der Waals surface area contributed by atoms with E-state index in [2.05, 4.69) is 16.2 Å². The first-order valence-corrected chi connectivity index (χ1v) is 8.51. The summed E-state index contributed by atoms with van der Waals surface area (Å²) in [6, 6.07) is 17.0. The number of hydrogen-bond donors (Lipinski definition) is 3. The van der Waals surface area contributed by atoms with Crippen molar-refractivity contribution in [3.8, 4) is 11.8 Å². The smallest absolute Gasteiger partial charge is 0.276 e. The van der Waals surface area contributed by atoms with Crippen molar-refractivity contribution in [3.05, 3.63) is 65.7 Å². The van der Waals surface area contributed by atoms with Crippen LogP contribution in [0.5, 0.6) is 5.75 Å². The Morgan fingerprint density at radius 3 is 2.32 bits per heavy atom. The van der Waals surface area contributed by atoms with E-state index in [9.17, 15) is 14.4 Å². The minimum absolute atomic E-state index is 0.0536. The van der Waals surface area contributed by atoms with Crippen LogP contribution in [0.4, 0.5) is 0 Å². The Kier molecular flexibility index (Phi) is 7.54. The molecular weight excluding hydrogens is 360 g/mol. The molecule has 0 aliphatic heterocycles. The fraction of sp³-hybridized carbons (Fsp3) is 0.200. The highest BCUT2D eigenvalue weighted by molar-refractivity contribution is 5.83. The van der Waals surface area contributed by atoms with Crippen LogP contribution in [0.15, 0.2) is 54.6 Å². The lowest BCUT2D eigenvalue weighted by molar-refractivity contribution is -0.130. The van der Waals surface area contributed by atoms with Crippen LogP contribution in [0.1, 0.15) is 30.5 Å². The lowest BCUT2D eigenvalue weighted by atomic mass is 10.0.